The van der Waals surface area contributed by atoms with Crippen molar-refractivity contribution >= 4 is 25.5 Å². The summed E-state index contributed by atoms with van der Waals surface area (Å²) in [6.07, 6.45) is 4.13. The Morgan fingerprint density at radius 2 is 1.90 bits per heavy atom. The van der Waals surface area contributed by atoms with E-state index in [0.717, 1.165) is 55.8 Å². The minimum absolute atomic E-state index is 0.144. The Kier molecular flexibility index (Phi) is 6.34. The number of hydrogen-bond donors (Lipinski definition) is 0. The average molecular weight is 601 g/mol. The summed E-state index contributed by atoms with van der Waals surface area (Å²) in [5.41, 5.74) is 2.59. The van der Waals surface area contributed by atoms with Crippen molar-refractivity contribution in [3.63, 3.8) is 0 Å². The monoisotopic (exact) mass is 601 g/mol. The molecule has 0 N–H and O–H groups in total. The van der Waals surface area contributed by atoms with Crippen LogP contribution in [0.4, 0.5) is 13.2 Å². The molecule has 0 aromatic carbocycles. The Labute approximate surface area is 228 Å². The van der Waals surface area contributed by atoms with E-state index in [1.54, 1.807) is 11.7 Å². The molecule has 39 heavy (non-hydrogen) atoms. The molecule has 0 spiro atoms. The molecule has 5 aromatic rings. The number of fused-ring (bicyclic) bond motifs is 1. The number of ether oxygens (including phenoxy) is 1. The summed E-state index contributed by atoms with van der Waals surface area (Å²) < 4.78 is 51.3. The molecule has 5 heterocycles. The van der Waals surface area contributed by atoms with Gasteiger partial charge in [0.15, 0.2) is 0 Å². The predicted octanol–water partition coefficient (Wildman–Crippen LogP) is 5.65. The van der Waals surface area contributed by atoms with Crippen molar-refractivity contribution in [2.45, 2.75) is 58.3 Å². The third kappa shape index (κ3) is 4.76. The molecule has 8 nitrogen and oxygen atoms in total. The second kappa shape index (κ2) is 9.60. The molecule has 0 amide bonds. The number of nitrogens with zero attached hydrogens (tertiary/aromatic N) is 7. The summed E-state index contributed by atoms with van der Waals surface area (Å²) in [6, 6.07) is 3.74. The quantitative estimate of drug-likeness (QED) is 0.225. The van der Waals surface area contributed by atoms with Crippen LogP contribution in [-0.4, -0.2) is 55.7 Å². The summed E-state index contributed by atoms with van der Waals surface area (Å²) in [5.74, 6) is 1.71. The van der Waals surface area contributed by atoms with Crippen molar-refractivity contribution in [3.8, 4) is 27.5 Å². The van der Waals surface area contributed by atoms with E-state index in [1.807, 2.05) is 45.3 Å². The van der Waals surface area contributed by atoms with Crippen LogP contribution in [0.5, 0.6) is 5.88 Å². The Balaban J connectivity index is 1.37. The molecule has 202 valence electrons. The van der Waals surface area contributed by atoms with Crippen molar-refractivity contribution < 1.29 is 17.9 Å². The molecule has 1 fully saturated rings. The average Bonchev–Trinajstić information content (AvgIpc) is 3.33. The zero-order chi connectivity index (χ0) is 27.5. The molecule has 0 unspecified atom stereocenters. The van der Waals surface area contributed by atoms with Crippen LogP contribution < -0.4 is 4.74 Å². The number of methoxy groups -OCH3 is 1. The van der Waals surface area contributed by atoms with Crippen LogP contribution in [0.2, 0.25) is 0 Å². The topological polar surface area (TPSA) is 83.5 Å². The number of hydrogen-bond acceptors (Lipinski definition) is 6. The van der Waals surface area contributed by atoms with Crippen molar-refractivity contribution in [2.24, 2.45) is 0 Å². The van der Waals surface area contributed by atoms with Gasteiger partial charge in [-0.3, -0.25) is 0 Å². The van der Waals surface area contributed by atoms with Gasteiger partial charge >= 0.3 is 229 Å². The van der Waals surface area contributed by atoms with Crippen molar-refractivity contribution in [2.75, 3.05) is 7.11 Å². The van der Waals surface area contributed by atoms with Crippen LogP contribution in [0.25, 0.3) is 32.7 Å². The number of alkyl halides is 3. The molecular weight excluding hydrogens is 574 g/mol. The van der Waals surface area contributed by atoms with Crippen LogP contribution in [-0.2, 0) is 12.7 Å². The number of rotatable bonds is 7. The molecule has 12 heteroatoms. The molecule has 0 radical (unpaired) electrons. The van der Waals surface area contributed by atoms with Gasteiger partial charge in [0.05, 0.1) is 0 Å². The summed E-state index contributed by atoms with van der Waals surface area (Å²) in [7, 11) is 1.58. The Morgan fingerprint density at radius 3 is 2.59 bits per heavy atom. The van der Waals surface area contributed by atoms with Gasteiger partial charge < -0.3 is 0 Å². The molecule has 1 aliphatic carbocycles. The van der Waals surface area contributed by atoms with E-state index in [9.17, 15) is 13.2 Å². The molecule has 1 saturated carbocycles. The van der Waals surface area contributed by atoms with Crippen LogP contribution in [0, 0.1) is 6.92 Å². The standard InChI is InChI=1S/C27H26F3N7OSe/c1-14(2)37-12-20(27(28,29)30)34-25(37)19-8-7-17(39-19)11-36-10-15(3)18-9-31-23(35-24(18)36)21-22(16-5-6-16)32-13-33-26(21)38-4/h7-10,12-14,16H,5-6,11H2,1-4H3. The van der Waals surface area contributed by atoms with E-state index in [-0.39, 0.29) is 20.5 Å². The first-order valence-electron chi connectivity index (χ1n) is 12.6. The third-order valence-electron chi connectivity index (χ3n) is 6.83. The number of aromatic nitrogens is 7. The van der Waals surface area contributed by atoms with E-state index in [1.165, 1.54) is 6.33 Å². The van der Waals surface area contributed by atoms with E-state index in [2.05, 4.69) is 24.5 Å². The fourth-order valence-corrected chi connectivity index (χ4v) is 6.85. The van der Waals surface area contributed by atoms with Crippen LogP contribution >= 0.6 is 0 Å². The zero-order valence-electron chi connectivity index (χ0n) is 21.8. The maximum atomic E-state index is 13.4. The Morgan fingerprint density at radius 1 is 1.10 bits per heavy atom. The first kappa shape index (κ1) is 25.8. The molecule has 5 aromatic heterocycles. The molecule has 6 rings (SSSR count). The normalized spacial score (nSPS) is 14.1. The van der Waals surface area contributed by atoms with Gasteiger partial charge in [-0.15, -0.1) is 0 Å². The summed E-state index contributed by atoms with van der Waals surface area (Å²) in [5, 5.41) is 0.937. The third-order valence-corrected chi connectivity index (χ3v) is 9.06. The fraction of sp³-hybridized carbons (Fsp3) is 0.370. The van der Waals surface area contributed by atoms with Gasteiger partial charge in [0.1, 0.15) is 0 Å². The Bertz CT molecular complexity index is 1680. The van der Waals surface area contributed by atoms with Crippen LogP contribution in [0.3, 0.4) is 0 Å². The molecule has 0 aliphatic heterocycles. The molecule has 0 atom stereocenters. The van der Waals surface area contributed by atoms with Gasteiger partial charge in [0.25, 0.3) is 0 Å². The van der Waals surface area contributed by atoms with Gasteiger partial charge in [-0.25, -0.2) is 0 Å². The number of aryl methyl sites for hydroxylation is 1. The van der Waals surface area contributed by atoms with E-state index in [4.69, 9.17) is 9.72 Å². The molecule has 1 aliphatic rings. The molecule has 0 saturated heterocycles. The van der Waals surface area contributed by atoms with Crippen LogP contribution in [0.15, 0.2) is 37.1 Å². The van der Waals surface area contributed by atoms with Crippen molar-refractivity contribution in [3.05, 3.63) is 58.4 Å². The zero-order valence-corrected chi connectivity index (χ0v) is 23.5. The van der Waals surface area contributed by atoms with Crippen LogP contribution in [0.1, 0.15) is 60.0 Å². The predicted molar refractivity (Wildman–Crippen MR) is 141 cm³/mol. The van der Waals surface area contributed by atoms with E-state index < -0.39 is 11.9 Å². The van der Waals surface area contributed by atoms with Gasteiger partial charge in [0.2, 0.25) is 0 Å². The van der Waals surface area contributed by atoms with Crippen molar-refractivity contribution in [1.29, 1.82) is 0 Å². The van der Waals surface area contributed by atoms with Gasteiger partial charge in [-0.2, -0.15) is 0 Å². The van der Waals surface area contributed by atoms with E-state index in [0.29, 0.717) is 30.0 Å². The molecular formula is C27H26F3N7OSe. The second-order valence-electron chi connectivity index (χ2n) is 10.0. The number of halogens is 3. The summed E-state index contributed by atoms with van der Waals surface area (Å²) in [6.45, 7) is 6.29. The molecule has 0 bridgehead atoms. The minimum atomic E-state index is -4.48. The second-order valence-corrected chi connectivity index (χ2v) is 12.5. The van der Waals surface area contributed by atoms with Gasteiger partial charge in [-0.1, -0.05) is 0 Å². The van der Waals surface area contributed by atoms with Gasteiger partial charge in [0, 0.05) is 0 Å². The maximum absolute atomic E-state index is 13.4. The number of imidazole rings is 1. The van der Waals surface area contributed by atoms with E-state index >= 15 is 0 Å². The Hall–Kier alpha value is -3.50. The first-order chi connectivity index (χ1) is 18.6. The summed E-state index contributed by atoms with van der Waals surface area (Å²) in [4.78, 5) is 22.4. The van der Waals surface area contributed by atoms with Crippen molar-refractivity contribution in [1.82, 2.24) is 34.1 Å². The SMILES string of the molecule is COc1ncnc(C2CC2)c1-c1ncc2c(C)cn(Cc3ccc(-c4nc(C(F)(F)F)cn4C(C)C)[se]3)c2n1. The first-order valence-corrected chi connectivity index (χ1v) is 14.3. The van der Waals surface area contributed by atoms with Gasteiger partial charge in [-0.05, 0) is 0 Å². The summed E-state index contributed by atoms with van der Waals surface area (Å²) >= 11 is -0.184. The fourth-order valence-electron chi connectivity index (χ4n) is 4.75.